The summed E-state index contributed by atoms with van der Waals surface area (Å²) < 4.78 is 49.8. The van der Waals surface area contributed by atoms with Crippen molar-refractivity contribution in [2.24, 2.45) is 5.92 Å². The molecule has 3 aromatic rings. The highest BCUT2D eigenvalue weighted by atomic mass is 19.4. The monoisotopic (exact) mass is 491 g/mol. The molecule has 0 bridgehead atoms. The van der Waals surface area contributed by atoms with Crippen LogP contribution >= 0.6 is 0 Å². The number of hydrogen-bond donors (Lipinski definition) is 2. The molecule has 1 fully saturated rings. The van der Waals surface area contributed by atoms with E-state index >= 15 is 0 Å². The van der Waals surface area contributed by atoms with E-state index in [1.807, 2.05) is 0 Å². The molecule has 35 heavy (non-hydrogen) atoms. The van der Waals surface area contributed by atoms with Crippen molar-refractivity contribution in [2.45, 2.75) is 12.6 Å². The Morgan fingerprint density at radius 1 is 1.03 bits per heavy atom. The molecule has 2 heterocycles. The van der Waals surface area contributed by atoms with Crippen molar-refractivity contribution in [3.05, 3.63) is 60.2 Å². The SMILES string of the molecule is O=C(NCC(F)(F)F)c1nnn(-c2ccc(NC(=O)[C@H]3CC(=O)N(c4ccc(F)cc4)C3)cc2)n1. The number of benzene rings is 2. The molecule has 14 heteroatoms. The van der Waals surface area contributed by atoms with Gasteiger partial charge in [-0.1, -0.05) is 0 Å². The van der Waals surface area contributed by atoms with E-state index in [-0.39, 0.29) is 24.8 Å². The third kappa shape index (κ3) is 5.77. The molecule has 2 N–H and O–H groups in total. The Morgan fingerprint density at radius 2 is 1.69 bits per heavy atom. The van der Waals surface area contributed by atoms with E-state index in [1.54, 1.807) is 5.32 Å². The molecule has 1 aromatic heterocycles. The lowest BCUT2D eigenvalue weighted by atomic mass is 10.1. The van der Waals surface area contributed by atoms with E-state index in [1.165, 1.54) is 53.4 Å². The first kappa shape index (κ1) is 23.8. The molecule has 1 saturated heterocycles. The molecule has 3 amide bonds. The maximum Gasteiger partial charge on any atom is 0.405 e. The maximum absolute atomic E-state index is 13.1. The van der Waals surface area contributed by atoms with Crippen molar-refractivity contribution >= 4 is 29.1 Å². The second-order valence-electron chi connectivity index (χ2n) is 7.62. The van der Waals surface area contributed by atoms with Gasteiger partial charge < -0.3 is 15.5 Å². The third-order valence-electron chi connectivity index (χ3n) is 5.07. The van der Waals surface area contributed by atoms with Crippen LogP contribution in [0, 0.1) is 11.7 Å². The Bertz CT molecular complexity index is 1240. The number of amides is 3. The predicted molar refractivity (Wildman–Crippen MR) is 113 cm³/mol. The first-order chi connectivity index (χ1) is 16.6. The molecule has 0 aliphatic carbocycles. The molecular formula is C21H17F4N7O3. The number of rotatable bonds is 6. The summed E-state index contributed by atoms with van der Waals surface area (Å²) in [7, 11) is 0. The number of hydrogen-bond acceptors (Lipinski definition) is 6. The fraction of sp³-hybridized carbons (Fsp3) is 0.238. The number of anilines is 2. The van der Waals surface area contributed by atoms with Gasteiger partial charge in [-0.05, 0) is 53.7 Å². The maximum atomic E-state index is 13.1. The van der Waals surface area contributed by atoms with Crippen LogP contribution in [0.15, 0.2) is 48.5 Å². The van der Waals surface area contributed by atoms with Crippen LogP contribution in [0.25, 0.3) is 5.69 Å². The molecular weight excluding hydrogens is 474 g/mol. The fourth-order valence-corrected chi connectivity index (χ4v) is 3.35. The molecule has 1 aliphatic rings. The zero-order valence-electron chi connectivity index (χ0n) is 17.8. The first-order valence-corrected chi connectivity index (χ1v) is 10.2. The van der Waals surface area contributed by atoms with Crippen LogP contribution in [0.3, 0.4) is 0 Å². The summed E-state index contributed by atoms with van der Waals surface area (Å²) in [5, 5.41) is 15.2. The lowest BCUT2D eigenvalue weighted by Gasteiger charge is -2.16. The highest BCUT2D eigenvalue weighted by Crippen LogP contribution is 2.26. The van der Waals surface area contributed by atoms with Crippen molar-refractivity contribution < 1.29 is 31.9 Å². The Morgan fingerprint density at radius 3 is 2.34 bits per heavy atom. The van der Waals surface area contributed by atoms with Gasteiger partial charge in [0.25, 0.3) is 11.7 Å². The van der Waals surface area contributed by atoms with Gasteiger partial charge in [0, 0.05) is 24.3 Å². The van der Waals surface area contributed by atoms with Gasteiger partial charge in [-0.3, -0.25) is 14.4 Å². The van der Waals surface area contributed by atoms with Crippen LogP contribution in [0.4, 0.5) is 28.9 Å². The van der Waals surface area contributed by atoms with Crippen molar-refractivity contribution in [1.29, 1.82) is 0 Å². The Balaban J connectivity index is 1.35. The van der Waals surface area contributed by atoms with Gasteiger partial charge >= 0.3 is 6.18 Å². The Kier molecular flexibility index (Phi) is 6.44. The van der Waals surface area contributed by atoms with Gasteiger partial charge in [0.1, 0.15) is 12.4 Å². The zero-order valence-corrected chi connectivity index (χ0v) is 17.8. The number of carbonyl (C=O) groups excluding carboxylic acids is 3. The number of halogens is 4. The van der Waals surface area contributed by atoms with Crippen LogP contribution in [0.2, 0.25) is 0 Å². The second-order valence-corrected chi connectivity index (χ2v) is 7.62. The van der Waals surface area contributed by atoms with Crippen molar-refractivity contribution in [3.63, 3.8) is 0 Å². The molecule has 182 valence electrons. The van der Waals surface area contributed by atoms with E-state index in [9.17, 15) is 31.9 Å². The first-order valence-electron chi connectivity index (χ1n) is 10.2. The van der Waals surface area contributed by atoms with Gasteiger partial charge in [0.15, 0.2) is 0 Å². The van der Waals surface area contributed by atoms with Crippen LogP contribution in [-0.2, 0) is 9.59 Å². The van der Waals surface area contributed by atoms with E-state index in [0.29, 0.717) is 17.1 Å². The Hall–Kier alpha value is -4.36. The third-order valence-corrected chi connectivity index (χ3v) is 5.07. The summed E-state index contributed by atoms with van der Waals surface area (Å²) >= 11 is 0. The lowest BCUT2D eigenvalue weighted by molar-refractivity contribution is -0.123. The standard InChI is InChI=1S/C21H17F4N7O3/c22-13-1-5-15(6-2-13)31-10-12(9-17(31)33)19(34)27-14-3-7-16(8-4-14)32-29-18(28-30-32)20(35)26-11-21(23,24)25/h1-8,12H,9-11H2,(H,26,35)(H,27,34)/t12-/m0/s1. The zero-order chi connectivity index (χ0) is 25.2. The van der Waals surface area contributed by atoms with Crippen molar-refractivity contribution in [1.82, 2.24) is 25.5 Å². The van der Waals surface area contributed by atoms with Crippen LogP contribution in [0.5, 0.6) is 0 Å². The Labute approximate surface area is 194 Å². The van der Waals surface area contributed by atoms with Crippen molar-refractivity contribution in [2.75, 3.05) is 23.3 Å². The topological polar surface area (TPSA) is 122 Å². The average molecular weight is 491 g/mol. The summed E-state index contributed by atoms with van der Waals surface area (Å²) in [6.45, 7) is -1.38. The number of aromatic nitrogens is 4. The minimum absolute atomic E-state index is 0.00332. The molecule has 4 rings (SSSR count). The number of nitrogens with zero attached hydrogens (tertiary/aromatic N) is 5. The van der Waals surface area contributed by atoms with E-state index < -0.39 is 36.2 Å². The minimum atomic E-state index is -4.57. The summed E-state index contributed by atoms with van der Waals surface area (Å²) in [6.07, 6.45) is -4.57. The van der Waals surface area contributed by atoms with Gasteiger partial charge in [-0.25, -0.2) is 4.39 Å². The summed E-state index contributed by atoms with van der Waals surface area (Å²) in [6, 6.07) is 11.5. The summed E-state index contributed by atoms with van der Waals surface area (Å²) in [4.78, 5) is 39.0. The molecule has 0 radical (unpaired) electrons. The van der Waals surface area contributed by atoms with Crippen molar-refractivity contribution in [3.8, 4) is 5.69 Å². The lowest BCUT2D eigenvalue weighted by Crippen LogP contribution is -2.34. The fourth-order valence-electron chi connectivity index (χ4n) is 3.35. The number of tetrazole rings is 1. The predicted octanol–water partition coefficient (Wildman–Crippen LogP) is 2.09. The van der Waals surface area contributed by atoms with Gasteiger partial charge in [0.2, 0.25) is 11.8 Å². The number of nitrogens with one attached hydrogen (secondary N) is 2. The number of carbonyl (C=O) groups is 3. The molecule has 2 aromatic carbocycles. The van der Waals surface area contributed by atoms with E-state index in [4.69, 9.17) is 0 Å². The van der Waals surface area contributed by atoms with Crippen LogP contribution < -0.4 is 15.5 Å². The van der Waals surface area contributed by atoms with Crippen LogP contribution in [-0.4, -0.2) is 57.2 Å². The van der Waals surface area contributed by atoms with Gasteiger partial charge in [-0.15, -0.1) is 15.0 Å². The molecule has 0 saturated carbocycles. The molecule has 0 spiro atoms. The molecule has 1 atom stereocenters. The summed E-state index contributed by atoms with van der Waals surface area (Å²) in [5.41, 5.74) is 1.25. The summed E-state index contributed by atoms with van der Waals surface area (Å²) in [5.74, 6) is -3.33. The largest absolute Gasteiger partial charge is 0.405 e. The van der Waals surface area contributed by atoms with E-state index in [0.717, 1.165) is 4.80 Å². The van der Waals surface area contributed by atoms with Crippen LogP contribution in [0.1, 0.15) is 17.0 Å². The minimum Gasteiger partial charge on any atom is -0.340 e. The molecule has 0 unspecified atom stereocenters. The van der Waals surface area contributed by atoms with E-state index in [2.05, 4.69) is 20.7 Å². The molecule has 10 nitrogen and oxygen atoms in total. The normalized spacial score (nSPS) is 15.8. The van der Waals surface area contributed by atoms with Gasteiger partial charge in [0.05, 0.1) is 11.6 Å². The highest BCUT2D eigenvalue weighted by Gasteiger charge is 2.35. The average Bonchev–Trinajstić information content (AvgIpc) is 3.46. The highest BCUT2D eigenvalue weighted by molar-refractivity contribution is 6.03. The quantitative estimate of drug-likeness (QED) is 0.510. The molecule has 1 aliphatic heterocycles. The van der Waals surface area contributed by atoms with Gasteiger partial charge in [-0.2, -0.15) is 13.2 Å². The number of alkyl halides is 3. The smallest absolute Gasteiger partial charge is 0.340 e. The second kappa shape index (κ2) is 9.48.